The fourth-order valence-corrected chi connectivity index (χ4v) is 4.26. The average Bonchev–Trinajstić information content (AvgIpc) is 3.16. The van der Waals surface area contributed by atoms with Crippen molar-refractivity contribution in [3.8, 4) is 0 Å². The Morgan fingerprint density at radius 1 is 1.07 bits per heavy atom. The fourth-order valence-electron chi connectivity index (χ4n) is 4.26. The normalized spacial score (nSPS) is 20.8. The first-order valence-electron chi connectivity index (χ1n) is 10.3. The largest absolute Gasteiger partial charge is 0.445 e. The Balaban J connectivity index is 1.25. The van der Waals surface area contributed by atoms with E-state index in [1.54, 1.807) is 0 Å². The van der Waals surface area contributed by atoms with Crippen LogP contribution in [0.15, 0.2) is 48.5 Å². The Labute approximate surface area is 171 Å². The van der Waals surface area contributed by atoms with Gasteiger partial charge in [0.1, 0.15) is 6.61 Å². The van der Waals surface area contributed by atoms with Gasteiger partial charge in [-0.05, 0) is 55.4 Å². The molecule has 0 bridgehead atoms. The Hall–Kier alpha value is -3.02. The Morgan fingerprint density at radius 3 is 2.59 bits per heavy atom. The number of rotatable bonds is 4. The lowest BCUT2D eigenvalue weighted by Crippen LogP contribution is -2.42. The summed E-state index contributed by atoms with van der Waals surface area (Å²) in [7, 11) is 0. The second-order valence-corrected chi connectivity index (χ2v) is 7.88. The number of nitrogen functional groups attached to an aromatic ring is 1. The SMILES string of the molecule is Nc1ccc2c(c1)N(C(=O)[C@H]1CC[C@H](NC(=O)OCc3ccccc3)CC1)CC2. The third kappa shape index (κ3) is 4.53. The van der Waals surface area contributed by atoms with Crippen molar-refractivity contribution in [2.75, 3.05) is 17.2 Å². The molecule has 2 aromatic rings. The van der Waals surface area contributed by atoms with Gasteiger partial charge in [-0.3, -0.25) is 4.79 Å². The maximum absolute atomic E-state index is 13.0. The number of fused-ring (bicyclic) bond motifs is 1. The molecule has 0 atom stereocenters. The molecule has 29 heavy (non-hydrogen) atoms. The van der Waals surface area contributed by atoms with Gasteiger partial charge in [0, 0.05) is 29.9 Å². The van der Waals surface area contributed by atoms with Crippen molar-refractivity contribution in [3.05, 3.63) is 59.7 Å². The summed E-state index contributed by atoms with van der Waals surface area (Å²) >= 11 is 0. The number of amides is 2. The van der Waals surface area contributed by atoms with Crippen LogP contribution in [-0.4, -0.2) is 24.6 Å². The second kappa shape index (κ2) is 8.55. The summed E-state index contributed by atoms with van der Waals surface area (Å²) in [5.74, 6) is 0.181. The van der Waals surface area contributed by atoms with Gasteiger partial charge in [-0.25, -0.2) is 4.79 Å². The smallest absolute Gasteiger partial charge is 0.407 e. The molecule has 1 aliphatic heterocycles. The predicted octanol–water partition coefficient (Wildman–Crippen LogP) is 3.64. The highest BCUT2D eigenvalue weighted by molar-refractivity contribution is 5.97. The molecule has 0 spiro atoms. The van der Waals surface area contributed by atoms with Gasteiger partial charge in [-0.1, -0.05) is 36.4 Å². The monoisotopic (exact) mass is 393 g/mol. The summed E-state index contributed by atoms with van der Waals surface area (Å²) in [5, 5.41) is 2.94. The molecule has 1 saturated carbocycles. The molecule has 0 saturated heterocycles. The lowest BCUT2D eigenvalue weighted by Gasteiger charge is -2.31. The van der Waals surface area contributed by atoms with E-state index in [-0.39, 0.29) is 24.5 Å². The summed E-state index contributed by atoms with van der Waals surface area (Å²) < 4.78 is 5.30. The third-order valence-electron chi connectivity index (χ3n) is 5.88. The molecule has 1 fully saturated rings. The zero-order chi connectivity index (χ0) is 20.2. The number of hydrogen-bond acceptors (Lipinski definition) is 4. The first kappa shape index (κ1) is 19.3. The first-order valence-corrected chi connectivity index (χ1v) is 10.3. The van der Waals surface area contributed by atoms with Crippen LogP contribution in [0.25, 0.3) is 0 Å². The van der Waals surface area contributed by atoms with E-state index >= 15 is 0 Å². The fraction of sp³-hybridized carbons (Fsp3) is 0.391. The number of anilines is 2. The van der Waals surface area contributed by atoms with Crippen LogP contribution >= 0.6 is 0 Å². The van der Waals surface area contributed by atoms with Gasteiger partial charge in [-0.15, -0.1) is 0 Å². The molecule has 1 aliphatic carbocycles. The van der Waals surface area contributed by atoms with Crippen molar-refractivity contribution in [2.45, 2.75) is 44.8 Å². The molecule has 0 unspecified atom stereocenters. The molecule has 2 aromatic carbocycles. The number of nitrogens with one attached hydrogen (secondary N) is 1. The van der Waals surface area contributed by atoms with E-state index in [2.05, 4.69) is 5.32 Å². The topological polar surface area (TPSA) is 84.7 Å². The zero-order valence-corrected chi connectivity index (χ0v) is 16.5. The minimum Gasteiger partial charge on any atom is -0.445 e. The van der Waals surface area contributed by atoms with Gasteiger partial charge in [0.25, 0.3) is 0 Å². The summed E-state index contributed by atoms with van der Waals surface area (Å²) in [5.41, 5.74) is 9.70. The van der Waals surface area contributed by atoms with Crippen LogP contribution in [0.2, 0.25) is 0 Å². The molecular formula is C23H27N3O3. The van der Waals surface area contributed by atoms with E-state index in [0.717, 1.165) is 49.9 Å². The highest BCUT2D eigenvalue weighted by atomic mass is 16.5. The van der Waals surface area contributed by atoms with Crippen LogP contribution < -0.4 is 16.0 Å². The lowest BCUT2D eigenvalue weighted by atomic mass is 9.85. The number of alkyl carbamates (subject to hydrolysis) is 1. The Bertz CT molecular complexity index is 876. The maximum atomic E-state index is 13.0. The highest BCUT2D eigenvalue weighted by Gasteiger charge is 2.33. The van der Waals surface area contributed by atoms with E-state index < -0.39 is 6.09 Å². The Morgan fingerprint density at radius 2 is 1.83 bits per heavy atom. The van der Waals surface area contributed by atoms with Crippen LogP contribution in [0.1, 0.15) is 36.8 Å². The summed E-state index contributed by atoms with van der Waals surface area (Å²) in [4.78, 5) is 27.0. The van der Waals surface area contributed by atoms with Crippen LogP contribution in [0, 0.1) is 5.92 Å². The van der Waals surface area contributed by atoms with Gasteiger partial charge < -0.3 is 20.7 Å². The summed E-state index contributed by atoms with van der Waals surface area (Å²) in [6.45, 7) is 0.986. The molecule has 2 aliphatic rings. The van der Waals surface area contributed by atoms with Crippen molar-refractivity contribution < 1.29 is 14.3 Å². The molecule has 3 N–H and O–H groups in total. The zero-order valence-electron chi connectivity index (χ0n) is 16.5. The molecule has 1 heterocycles. The van der Waals surface area contributed by atoms with Gasteiger partial charge in [0.05, 0.1) is 0 Å². The van der Waals surface area contributed by atoms with Crippen LogP contribution in [0.3, 0.4) is 0 Å². The summed E-state index contributed by atoms with van der Waals surface area (Å²) in [6, 6.07) is 15.5. The van der Waals surface area contributed by atoms with Crippen molar-refractivity contribution in [1.82, 2.24) is 5.32 Å². The van der Waals surface area contributed by atoms with E-state index in [1.807, 2.05) is 53.4 Å². The quantitative estimate of drug-likeness (QED) is 0.777. The minimum atomic E-state index is -0.396. The van der Waals surface area contributed by atoms with Gasteiger partial charge in [0.2, 0.25) is 5.91 Å². The van der Waals surface area contributed by atoms with Crippen LogP contribution in [0.4, 0.5) is 16.2 Å². The number of carbonyl (C=O) groups excluding carboxylic acids is 2. The number of benzene rings is 2. The number of hydrogen-bond donors (Lipinski definition) is 2. The number of carbonyl (C=O) groups is 2. The van der Waals surface area contributed by atoms with Gasteiger partial charge in [-0.2, -0.15) is 0 Å². The summed E-state index contributed by atoms with van der Waals surface area (Å²) in [6.07, 6.45) is 3.61. The van der Waals surface area contributed by atoms with Gasteiger partial charge >= 0.3 is 6.09 Å². The minimum absolute atomic E-state index is 0.000713. The van der Waals surface area contributed by atoms with Crippen molar-refractivity contribution in [2.24, 2.45) is 5.92 Å². The van der Waals surface area contributed by atoms with Crippen molar-refractivity contribution in [3.63, 3.8) is 0 Å². The molecule has 4 rings (SSSR count). The Kier molecular flexibility index (Phi) is 5.69. The molecule has 6 heteroatoms. The van der Waals surface area contributed by atoms with E-state index in [9.17, 15) is 9.59 Å². The number of nitrogens with zero attached hydrogens (tertiary/aromatic N) is 1. The third-order valence-corrected chi connectivity index (χ3v) is 5.88. The average molecular weight is 393 g/mol. The van der Waals surface area contributed by atoms with Crippen LogP contribution in [-0.2, 0) is 22.6 Å². The maximum Gasteiger partial charge on any atom is 0.407 e. The van der Waals surface area contributed by atoms with E-state index in [1.165, 1.54) is 5.56 Å². The highest BCUT2D eigenvalue weighted by Crippen LogP contribution is 2.34. The van der Waals surface area contributed by atoms with Crippen molar-refractivity contribution >= 4 is 23.4 Å². The number of ether oxygens (including phenoxy) is 1. The molecule has 2 amide bonds. The predicted molar refractivity (Wildman–Crippen MR) is 112 cm³/mol. The molecular weight excluding hydrogens is 366 g/mol. The molecule has 0 radical (unpaired) electrons. The van der Waals surface area contributed by atoms with Crippen LogP contribution in [0.5, 0.6) is 0 Å². The van der Waals surface area contributed by atoms with Gasteiger partial charge in [0.15, 0.2) is 0 Å². The first-order chi connectivity index (χ1) is 14.1. The van der Waals surface area contributed by atoms with E-state index in [0.29, 0.717) is 5.69 Å². The van der Waals surface area contributed by atoms with Crippen molar-refractivity contribution in [1.29, 1.82) is 0 Å². The molecule has 0 aromatic heterocycles. The lowest BCUT2D eigenvalue weighted by molar-refractivity contribution is -0.123. The molecule has 6 nitrogen and oxygen atoms in total. The second-order valence-electron chi connectivity index (χ2n) is 7.88. The standard InChI is InChI=1S/C23H27N3O3/c24-19-9-6-17-12-13-26(21(17)14-19)22(27)18-7-10-20(11-8-18)25-23(28)29-15-16-4-2-1-3-5-16/h1-6,9,14,18,20H,7-8,10-13,15,24H2,(H,25,28)/t18-,20-. The number of nitrogens with two attached hydrogens (primary N) is 1. The van der Waals surface area contributed by atoms with E-state index in [4.69, 9.17) is 10.5 Å². The molecule has 152 valence electrons.